The molecule has 0 bridgehead atoms. The standard InChI is InChI=1S/C14H12ClNO/c1-16-11-7-8-13(15)12(9-11)14(17)10-5-3-2-4-6-10/h2-9,16H,1H3. The van der Waals surface area contributed by atoms with Crippen molar-refractivity contribution in [3.05, 3.63) is 64.7 Å². The normalized spacial score (nSPS) is 10.0. The molecule has 0 aromatic heterocycles. The van der Waals surface area contributed by atoms with Crippen LogP contribution in [0.15, 0.2) is 48.5 Å². The van der Waals surface area contributed by atoms with Crippen LogP contribution in [0.2, 0.25) is 5.02 Å². The minimum Gasteiger partial charge on any atom is -0.388 e. The lowest BCUT2D eigenvalue weighted by atomic mass is 10.0. The number of halogens is 1. The van der Waals surface area contributed by atoms with Gasteiger partial charge in [0.15, 0.2) is 5.78 Å². The Morgan fingerprint density at radius 3 is 2.47 bits per heavy atom. The maximum Gasteiger partial charge on any atom is 0.194 e. The van der Waals surface area contributed by atoms with Gasteiger partial charge in [0.2, 0.25) is 0 Å². The first-order chi connectivity index (χ1) is 8.22. The highest BCUT2D eigenvalue weighted by Crippen LogP contribution is 2.23. The Balaban J connectivity index is 2.44. The predicted octanol–water partition coefficient (Wildman–Crippen LogP) is 3.61. The first kappa shape index (κ1) is 11.7. The fraction of sp³-hybridized carbons (Fsp3) is 0.0714. The molecule has 17 heavy (non-hydrogen) atoms. The molecule has 0 atom stereocenters. The second-order valence-electron chi connectivity index (χ2n) is 3.64. The van der Waals surface area contributed by atoms with Crippen molar-refractivity contribution >= 4 is 23.1 Å². The van der Waals surface area contributed by atoms with Crippen molar-refractivity contribution < 1.29 is 4.79 Å². The highest BCUT2D eigenvalue weighted by atomic mass is 35.5. The molecule has 2 nitrogen and oxygen atoms in total. The zero-order valence-electron chi connectivity index (χ0n) is 9.41. The SMILES string of the molecule is CNc1ccc(Cl)c(C(=O)c2ccccc2)c1. The summed E-state index contributed by atoms with van der Waals surface area (Å²) in [6, 6.07) is 14.4. The summed E-state index contributed by atoms with van der Waals surface area (Å²) in [5, 5.41) is 3.46. The van der Waals surface area contributed by atoms with Crippen LogP contribution in [-0.2, 0) is 0 Å². The van der Waals surface area contributed by atoms with Gasteiger partial charge in [0, 0.05) is 23.9 Å². The molecule has 0 saturated carbocycles. The fourth-order valence-electron chi connectivity index (χ4n) is 1.60. The van der Waals surface area contributed by atoms with Crippen molar-refractivity contribution in [2.45, 2.75) is 0 Å². The Kier molecular flexibility index (Phi) is 3.45. The summed E-state index contributed by atoms with van der Waals surface area (Å²) < 4.78 is 0. The molecule has 0 aliphatic carbocycles. The summed E-state index contributed by atoms with van der Waals surface area (Å²) in [4.78, 5) is 12.2. The summed E-state index contributed by atoms with van der Waals surface area (Å²) in [5.41, 5.74) is 2.03. The highest BCUT2D eigenvalue weighted by molar-refractivity contribution is 6.35. The third-order valence-electron chi connectivity index (χ3n) is 2.54. The van der Waals surface area contributed by atoms with E-state index in [0.717, 1.165) is 5.69 Å². The molecule has 2 aromatic rings. The lowest BCUT2D eigenvalue weighted by Gasteiger charge is -2.06. The van der Waals surface area contributed by atoms with Crippen LogP contribution in [0.25, 0.3) is 0 Å². The van der Waals surface area contributed by atoms with E-state index in [-0.39, 0.29) is 5.78 Å². The molecule has 0 spiro atoms. The van der Waals surface area contributed by atoms with E-state index in [9.17, 15) is 4.79 Å². The van der Waals surface area contributed by atoms with Crippen molar-refractivity contribution in [2.24, 2.45) is 0 Å². The van der Waals surface area contributed by atoms with Gasteiger partial charge in [-0.1, -0.05) is 41.9 Å². The number of hydrogen-bond donors (Lipinski definition) is 1. The predicted molar refractivity (Wildman–Crippen MR) is 70.9 cm³/mol. The molecule has 0 aliphatic rings. The molecule has 0 saturated heterocycles. The van der Waals surface area contributed by atoms with E-state index in [1.165, 1.54) is 0 Å². The minimum atomic E-state index is -0.0623. The first-order valence-corrected chi connectivity index (χ1v) is 5.67. The monoisotopic (exact) mass is 245 g/mol. The second-order valence-corrected chi connectivity index (χ2v) is 4.05. The smallest absolute Gasteiger partial charge is 0.194 e. The maximum absolute atomic E-state index is 12.2. The molecule has 0 amide bonds. The molecule has 1 N–H and O–H groups in total. The van der Waals surface area contributed by atoms with Gasteiger partial charge < -0.3 is 5.32 Å². The van der Waals surface area contributed by atoms with E-state index >= 15 is 0 Å². The Morgan fingerprint density at radius 2 is 1.82 bits per heavy atom. The Morgan fingerprint density at radius 1 is 1.12 bits per heavy atom. The molecule has 3 heteroatoms. The van der Waals surface area contributed by atoms with Crippen molar-refractivity contribution in [3.8, 4) is 0 Å². The maximum atomic E-state index is 12.2. The number of nitrogens with one attached hydrogen (secondary N) is 1. The topological polar surface area (TPSA) is 29.1 Å². The minimum absolute atomic E-state index is 0.0623. The number of hydrogen-bond acceptors (Lipinski definition) is 2. The van der Waals surface area contributed by atoms with Gasteiger partial charge in [0.25, 0.3) is 0 Å². The van der Waals surface area contributed by atoms with Crippen LogP contribution in [0.3, 0.4) is 0 Å². The quantitative estimate of drug-likeness (QED) is 0.837. The third-order valence-corrected chi connectivity index (χ3v) is 2.87. The fourth-order valence-corrected chi connectivity index (χ4v) is 1.80. The number of ketones is 1. The zero-order chi connectivity index (χ0) is 12.3. The van der Waals surface area contributed by atoms with Gasteiger partial charge in [0.1, 0.15) is 0 Å². The van der Waals surface area contributed by atoms with Crippen molar-refractivity contribution in [1.29, 1.82) is 0 Å². The molecule has 0 unspecified atom stereocenters. The van der Waals surface area contributed by atoms with Gasteiger partial charge in [0.05, 0.1) is 5.02 Å². The molecule has 0 radical (unpaired) electrons. The van der Waals surface area contributed by atoms with Gasteiger partial charge in [-0.3, -0.25) is 4.79 Å². The van der Waals surface area contributed by atoms with E-state index in [1.54, 1.807) is 31.3 Å². The Labute approximate surface area is 105 Å². The van der Waals surface area contributed by atoms with Crippen LogP contribution >= 0.6 is 11.6 Å². The van der Waals surface area contributed by atoms with Crippen LogP contribution < -0.4 is 5.32 Å². The van der Waals surface area contributed by atoms with E-state index in [0.29, 0.717) is 16.1 Å². The van der Waals surface area contributed by atoms with Gasteiger partial charge in [-0.05, 0) is 18.2 Å². The summed E-state index contributed by atoms with van der Waals surface area (Å²) in [6.07, 6.45) is 0. The molecule has 0 aliphatic heterocycles. The van der Waals surface area contributed by atoms with Crippen molar-refractivity contribution in [2.75, 3.05) is 12.4 Å². The van der Waals surface area contributed by atoms with Gasteiger partial charge >= 0.3 is 0 Å². The van der Waals surface area contributed by atoms with Crippen molar-refractivity contribution in [1.82, 2.24) is 0 Å². The van der Waals surface area contributed by atoms with E-state index in [1.807, 2.05) is 24.3 Å². The van der Waals surface area contributed by atoms with Gasteiger partial charge in [-0.25, -0.2) is 0 Å². The largest absolute Gasteiger partial charge is 0.388 e. The lowest BCUT2D eigenvalue weighted by Crippen LogP contribution is -2.03. The second kappa shape index (κ2) is 5.02. The number of rotatable bonds is 3. The number of carbonyl (C=O) groups excluding carboxylic acids is 1. The summed E-state index contributed by atoms with van der Waals surface area (Å²) >= 11 is 6.05. The summed E-state index contributed by atoms with van der Waals surface area (Å²) in [7, 11) is 1.81. The molecule has 0 fully saturated rings. The van der Waals surface area contributed by atoms with Crippen LogP contribution in [0.5, 0.6) is 0 Å². The summed E-state index contributed by atoms with van der Waals surface area (Å²) in [5.74, 6) is -0.0623. The molecule has 2 aromatic carbocycles. The summed E-state index contributed by atoms with van der Waals surface area (Å²) in [6.45, 7) is 0. The molecule has 0 heterocycles. The van der Waals surface area contributed by atoms with Gasteiger partial charge in [-0.15, -0.1) is 0 Å². The number of anilines is 1. The van der Waals surface area contributed by atoms with Crippen LogP contribution in [0, 0.1) is 0 Å². The average Bonchev–Trinajstić information content (AvgIpc) is 2.39. The Bertz CT molecular complexity index is 537. The lowest BCUT2D eigenvalue weighted by molar-refractivity contribution is 0.103. The van der Waals surface area contributed by atoms with E-state index < -0.39 is 0 Å². The number of carbonyl (C=O) groups is 1. The van der Waals surface area contributed by atoms with Gasteiger partial charge in [-0.2, -0.15) is 0 Å². The average molecular weight is 246 g/mol. The van der Waals surface area contributed by atoms with Crippen LogP contribution in [0.4, 0.5) is 5.69 Å². The van der Waals surface area contributed by atoms with Crippen molar-refractivity contribution in [3.63, 3.8) is 0 Å². The molecular formula is C14H12ClNO. The first-order valence-electron chi connectivity index (χ1n) is 5.29. The van der Waals surface area contributed by atoms with Crippen LogP contribution in [-0.4, -0.2) is 12.8 Å². The molecular weight excluding hydrogens is 234 g/mol. The number of benzene rings is 2. The molecule has 2 rings (SSSR count). The third kappa shape index (κ3) is 2.48. The highest BCUT2D eigenvalue weighted by Gasteiger charge is 2.12. The molecule has 86 valence electrons. The van der Waals surface area contributed by atoms with E-state index in [4.69, 9.17) is 11.6 Å². The van der Waals surface area contributed by atoms with E-state index in [2.05, 4.69) is 5.32 Å². The Hall–Kier alpha value is -1.80. The van der Waals surface area contributed by atoms with Crippen LogP contribution in [0.1, 0.15) is 15.9 Å². The zero-order valence-corrected chi connectivity index (χ0v) is 10.2.